The fraction of sp³-hybridized carbons (Fsp3) is 0.143. The van der Waals surface area contributed by atoms with Crippen LogP contribution < -0.4 is 0 Å². The average Bonchev–Trinajstić information content (AvgIpc) is 2.08. The summed E-state index contributed by atoms with van der Waals surface area (Å²) in [5.41, 5.74) is -0.0579. The molecule has 0 fully saturated rings. The number of pyridine rings is 1. The Morgan fingerprint density at radius 2 is 2.42 bits per heavy atom. The Bertz CT molecular complexity index is 316. The van der Waals surface area contributed by atoms with Gasteiger partial charge in [-0.25, -0.2) is 14.2 Å². The van der Waals surface area contributed by atoms with Gasteiger partial charge in [-0.1, -0.05) is 0 Å². The first-order valence-electron chi connectivity index (χ1n) is 3.05. The highest BCUT2D eigenvalue weighted by Crippen LogP contribution is 2.18. The van der Waals surface area contributed by atoms with E-state index in [0.717, 1.165) is 6.07 Å². The van der Waals surface area contributed by atoms with Crippen LogP contribution in [0.5, 0.6) is 0 Å². The number of carbonyl (C=O) groups is 1. The lowest BCUT2D eigenvalue weighted by molar-refractivity contribution is 0.0592. The fourth-order valence-electron chi connectivity index (χ4n) is 0.659. The smallest absolute Gasteiger partial charge is 0.357 e. The van der Waals surface area contributed by atoms with Crippen molar-refractivity contribution in [3.63, 3.8) is 0 Å². The number of aromatic nitrogens is 1. The molecule has 0 aliphatic carbocycles. The van der Waals surface area contributed by atoms with Crippen LogP contribution in [0.3, 0.4) is 0 Å². The van der Waals surface area contributed by atoms with E-state index in [1.54, 1.807) is 0 Å². The predicted molar refractivity (Wildman–Crippen MR) is 43.2 cm³/mol. The van der Waals surface area contributed by atoms with Gasteiger partial charge in [-0.15, -0.1) is 0 Å². The maximum atomic E-state index is 12.8. The fourth-order valence-corrected chi connectivity index (χ4v) is 1.06. The van der Waals surface area contributed by atoms with Gasteiger partial charge >= 0.3 is 5.97 Å². The number of halogens is 2. The molecule has 0 amide bonds. The first-order chi connectivity index (χ1) is 5.66. The second-order valence-electron chi connectivity index (χ2n) is 1.95. The van der Waals surface area contributed by atoms with E-state index in [2.05, 4.69) is 25.7 Å². The molecule has 0 radical (unpaired) electrons. The molecule has 0 N–H and O–H groups in total. The standard InChI is InChI=1S/C7H5BrFNO2/c1-12-7(11)6-5(8)4(9)2-3-10-6/h2-3H,1H3. The number of hydrogen-bond acceptors (Lipinski definition) is 3. The van der Waals surface area contributed by atoms with Crippen molar-refractivity contribution >= 4 is 21.9 Å². The Morgan fingerprint density at radius 1 is 1.75 bits per heavy atom. The summed E-state index contributed by atoms with van der Waals surface area (Å²) in [6.45, 7) is 0. The molecule has 64 valence electrons. The van der Waals surface area contributed by atoms with E-state index in [1.165, 1.54) is 13.3 Å². The minimum absolute atomic E-state index is 0.0249. The quantitative estimate of drug-likeness (QED) is 0.695. The third-order valence-corrected chi connectivity index (χ3v) is 1.98. The molecule has 3 nitrogen and oxygen atoms in total. The molecule has 0 bridgehead atoms. The zero-order valence-corrected chi connectivity index (χ0v) is 7.76. The molecule has 0 aromatic carbocycles. The number of methoxy groups -OCH3 is 1. The molecule has 5 heteroatoms. The van der Waals surface area contributed by atoms with Gasteiger partial charge in [-0.05, 0) is 22.0 Å². The highest BCUT2D eigenvalue weighted by molar-refractivity contribution is 9.10. The molecule has 0 saturated carbocycles. The molecule has 12 heavy (non-hydrogen) atoms. The molecule has 1 heterocycles. The van der Waals surface area contributed by atoms with Crippen LogP contribution in [-0.4, -0.2) is 18.1 Å². The Balaban J connectivity index is 3.16. The van der Waals surface area contributed by atoms with Crippen molar-refractivity contribution in [1.29, 1.82) is 0 Å². The van der Waals surface area contributed by atoms with E-state index in [-0.39, 0.29) is 10.2 Å². The normalized spacial score (nSPS) is 9.58. The Kier molecular flexibility index (Phi) is 2.75. The summed E-state index contributed by atoms with van der Waals surface area (Å²) in [5.74, 6) is -1.20. The lowest BCUT2D eigenvalue weighted by Crippen LogP contribution is -2.05. The SMILES string of the molecule is COC(=O)c1nccc(F)c1Br. The Labute approximate surface area is 76.7 Å². The van der Waals surface area contributed by atoms with Crippen LogP contribution in [0.25, 0.3) is 0 Å². The first-order valence-corrected chi connectivity index (χ1v) is 3.84. The van der Waals surface area contributed by atoms with Gasteiger partial charge in [0.05, 0.1) is 11.6 Å². The zero-order valence-electron chi connectivity index (χ0n) is 6.17. The van der Waals surface area contributed by atoms with E-state index in [4.69, 9.17) is 0 Å². The van der Waals surface area contributed by atoms with Crippen LogP contribution in [0.4, 0.5) is 4.39 Å². The lowest BCUT2D eigenvalue weighted by Gasteiger charge is -2.00. The molecule has 0 aliphatic rings. The van der Waals surface area contributed by atoms with Crippen LogP contribution >= 0.6 is 15.9 Å². The van der Waals surface area contributed by atoms with Gasteiger partial charge in [0.25, 0.3) is 0 Å². The van der Waals surface area contributed by atoms with Crippen molar-refractivity contribution in [1.82, 2.24) is 4.98 Å². The number of hydrogen-bond donors (Lipinski definition) is 0. The lowest BCUT2D eigenvalue weighted by atomic mass is 10.3. The van der Waals surface area contributed by atoms with Crippen molar-refractivity contribution in [3.8, 4) is 0 Å². The van der Waals surface area contributed by atoms with Gasteiger partial charge in [-0.3, -0.25) is 0 Å². The van der Waals surface area contributed by atoms with Crippen molar-refractivity contribution in [2.24, 2.45) is 0 Å². The number of esters is 1. The van der Waals surface area contributed by atoms with E-state index < -0.39 is 11.8 Å². The second-order valence-corrected chi connectivity index (χ2v) is 2.74. The molecule has 0 unspecified atom stereocenters. The monoisotopic (exact) mass is 233 g/mol. The minimum atomic E-state index is -0.665. The second kappa shape index (κ2) is 3.62. The van der Waals surface area contributed by atoms with Crippen LogP contribution in [-0.2, 0) is 4.74 Å². The van der Waals surface area contributed by atoms with Gasteiger partial charge in [0.15, 0.2) is 5.69 Å². The maximum Gasteiger partial charge on any atom is 0.357 e. The first kappa shape index (κ1) is 9.12. The van der Waals surface area contributed by atoms with Gasteiger partial charge in [-0.2, -0.15) is 0 Å². The third-order valence-electron chi connectivity index (χ3n) is 1.22. The van der Waals surface area contributed by atoms with Gasteiger partial charge in [0.2, 0.25) is 0 Å². The van der Waals surface area contributed by atoms with Crippen LogP contribution in [0, 0.1) is 5.82 Å². The van der Waals surface area contributed by atoms with E-state index in [1.807, 2.05) is 0 Å². The summed E-state index contributed by atoms with van der Waals surface area (Å²) in [7, 11) is 1.21. The Hall–Kier alpha value is -0.970. The number of nitrogens with zero attached hydrogens (tertiary/aromatic N) is 1. The molecule has 0 saturated heterocycles. The number of rotatable bonds is 1. The van der Waals surface area contributed by atoms with Crippen molar-refractivity contribution in [2.75, 3.05) is 7.11 Å². The molecule has 0 spiro atoms. The Morgan fingerprint density at radius 3 is 3.00 bits per heavy atom. The van der Waals surface area contributed by atoms with Crippen molar-refractivity contribution in [2.45, 2.75) is 0 Å². The topological polar surface area (TPSA) is 39.2 Å². The minimum Gasteiger partial charge on any atom is -0.464 e. The summed E-state index contributed by atoms with van der Waals surface area (Å²) in [5, 5.41) is 0. The molecule has 0 atom stereocenters. The van der Waals surface area contributed by atoms with Gasteiger partial charge in [0, 0.05) is 6.20 Å². The summed E-state index contributed by atoms with van der Waals surface area (Å²) < 4.78 is 17.2. The van der Waals surface area contributed by atoms with Gasteiger partial charge < -0.3 is 4.74 Å². The number of ether oxygens (including phenoxy) is 1. The molecule has 1 aromatic heterocycles. The molecular weight excluding hydrogens is 229 g/mol. The third kappa shape index (κ3) is 1.61. The highest BCUT2D eigenvalue weighted by Gasteiger charge is 2.14. The summed E-state index contributed by atoms with van der Waals surface area (Å²) in [4.78, 5) is 14.6. The summed E-state index contributed by atoms with van der Waals surface area (Å²) in [6.07, 6.45) is 1.20. The zero-order chi connectivity index (χ0) is 9.14. The number of carbonyl (C=O) groups excluding carboxylic acids is 1. The van der Waals surface area contributed by atoms with Gasteiger partial charge in [0.1, 0.15) is 5.82 Å². The summed E-state index contributed by atoms with van der Waals surface area (Å²) >= 11 is 2.88. The van der Waals surface area contributed by atoms with E-state index in [0.29, 0.717) is 0 Å². The predicted octanol–water partition coefficient (Wildman–Crippen LogP) is 1.77. The maximum absolute atomic E-state index is 12.8. The van der Waals surface area contributed by atoms with Crippen LogP contribution in [0.1, 0.15) is 10.5 Å². The van der Waals surface area contributed by atoms with Crippen LogP contribution in [0.15, 0.2) is 16.7 Å². The van der Waals surface area contributed by atoms with E-state index >= 15 is 0 Å². The molecule has 1 aromatic rings. The largest absolute Gasteiger partial charge is 0.464 e. The molecular formula is C7H5BrFNO2. The van der Waals surface area contributed by atoms with Crippen molar-refractivity contribution < 1.29 is 13.9 Å². The highest BCUT2D eigenvalue weighted by atomic mass is 79.9. The van der Waals surface area contributed by atoms with Crippen molar-refractivity contribution in [3.05, 3.63) is 28.2 Å². The molecule has 1 rings (SSSR count). The van der Waals surface area contributed by atoms with E-state index in [9.17, 15) is 9.18 Å². The average molecular weight is 234 g/mol. The summed E-state index contributed by atoms with van der Waals surface area (Å²) in [6, 6.07) is 1.15. The molecule has 0 aliphatic heterocycles. The van der Waals surface area contributed by atoms with Crippen LogP contribution in [0.2, 0.25) is 0 Å².